The highest BCUT2D eigenvalue weighted by atomic mass is 16.8. The van der Waals surface area contributed by atoms with E-state index in [4.69, 9.17) is 23.8 Å². The Morgan fingerprint density at radius 1 is 1.04 bits per heavy atom. The lowest BCUT2D eigenvalue weighted by Crippen LogP contribution is -2.52. The van der Waals surface area contributed by atoms with Crippen LogP contribution < -0.4 is 0 Å². The molecule has 4 aliphatic heterocycles. The van der Waals surface area contributed by atoms with Crippen LogP contribution in [0.25, 0.3) is 0 Å². The van der Waals surface area contributed by atoms with E-state index in [2.05, 4.69) is 12.1 Å². The van der Waals surface area contributed by atoms with Gasteiger partial charge in [-0.05, 0) is 19.4 Å². The maximum atomic E-state index is 6.16. The quantitative estimate of drug-likeness (QED) is 0.821. The van der Waals surface area contributed by atoms with E-state index >= 15 is 0 Å². The van der Waals surface area contributed by atoms with E-state index < -0.39 is 5.79 Å². The van der Waals surface area contributed by atoms with Crippen LogP contribution in [0.4, 0.5) is 0 Å². The molecule has 130 valence electrons. The van der Waals surface area contributed by atoms with Gasteiger partial charge in [-0.1, -0.05) is 30.3 Å². The van der Waals surface area contributed by atoms with Crippen molar-refractivity contribution in [2.75, 3.05) is 13.2 Å². The van der Waals surface area contributed by atoms with Crippen molar-refractivity contribution in [3.8, 4) is 0 Å². The highest BCUT2D eigenvalue weighted by molar-refractivity contribution is 5.15. The molecule has 4 saturated heterocycles. The van der Waals surface area contributed by atoms with E-state index in [0.29, 0.717) is 13.2 Å². The minimum absolute atomic E-state index is 0.0318. The molecule has 0 aromatic heterocycles. The summed E-state index contributed by atoms with van der Waals surface area (Å²) in [6.07, 6.45) is -0.583. The molecule has 6 heteroatoms. The molecule has 0 amide bonds. The second-order valence-corrected chi connectivity index (χ2v) is 7.45. The number of rotatable bonds is 2. The molecule has 0 N–H and O–H groups in total. The molecule has 0 saturated carbocycles. The first-order chi connectivity index (χ1) is 11.6. The van der Waals surface area contributed by atoms with Crippen LogP contribution in [-0.2, 0) is 30.3 Å². The fraction of sp³-hybridized carbons (Fsp3) is 0.667. The molecular formula is C18H23NO5. The van der Waals surface area contributed by atoms with Gasteiger partial charge in [0, 0.05) is 12.5 Å². The average molecular weight is 333 g/mol. The zero-order valence-electron chi connectivity index (χ0n) is 14.0. The summed E-state index contributed by atoms with van der Waals surface area (Å²) in [7, 11) is 0. The van der Waals surface area contributed by atoms with Gasteiger partial charge in [-0.3, -0.25) is 4.84 Å². The van der Waals surface area contributed by atoms with E-state index in [1.54, 1.807) is 0 Å². The van der Waals surface area contributed by atoms with Crippen LogP contribution >= 0.6 is 0 Å². The standard InChI is InChI=1S/C18H23NO5/c1-18(2)23-16-15-14(22-17(16)24-18)12-9-21-19(13(12)10-20-15)8-11-6-4-3-5-7-11/h3-7,12-17H,8-10H2,1-2H3/t12-,13-,14+,15+,16+,17+/m0/s1. The number of hydrogen-bond acceptors (Lipinski definition) is 6. The SMILES string of the molecule is CC1(C)O[C@H]2O[C@@H]3[C@H]4CON(Cc5ccccc5)[C@H]4CO[C@H]3[C@H]2O1. The van der Waals surface area contributed by atoms with Crippen molar-refractivity contribution in [2.45, 2.75) is 56.8 Å². The Bertz CT molecular complexity index is 609. The molecule has 4 fully saturated rings. The number of benzene rings is 1. The molecule has 24 heavy (non-hydrogen) atoms. The lowest BCUT2D eigenvalue weighted by molar-refractivity contribution is -0.236. The summed E-state index contributed by atoms with van der Waals surface area (Å²) >= 11 is 0. The molecule has 0 bridgehead atoms. The summed E-state index contributed by atoms with van der Waals surface area (Å²) in [6, 6.07) is 10.6. The van der Waals surface area contributed by atoms with Crippen LogP contribution in [0, 0.1) is 5.92 Å². The van der Waals surface area contributed by atoms with Gasteiger partial charge in [0.05, 0.1) is 25.4 Å². The summed E-state index contributed by atoms with van der Waals surface area (Å²) in [5.74, 6) is -0.320. The van der Waals surface area contributed by atoms with Crippen molar-refractivity contribution >= 4 is 0 Å². The third-order valence-electron chi connectivity index (χ3n) is 5.39. The van der Waals surface area contributed by atoms with E-state index in [0.717, 1.165) is 6.54 Å². The van der Waals surface area contributed by atoms with Crippen LogP contribution in [0.3, 0.4) is 0 Å². The van der Waals surface area contributed by atoms with Crippen molar-refractivity contribution in [3.63, 3.8) is 0 Å². The van der Waals surface area contributed by atoms with Gasteiger partial charge in [-0.2, -0.15) is 5.06 Å². The van der Waals surface area contributed by atoms with Crippen molar-refractivity contribution in [2.24, 2.45) is 5.92 Å². The molecule has 0 aliphatic carbocycles. The first-order valence-electron chi connectivity index (χ1n) is 8.67. The molecule has 1 aromatic rings. The molecule has 4 aliphatic rings. The van der Waals surface area contributed by atoms with Gasteiger partial charge in [-0.25, -0.2) is 0 Å². The van der Waals surface area contributed by atoms with E-state index in [1.807, 2.05) is 37.1 Å². The molecule has 0 radical (unpaired) electrons. The lowest BCUT2D eigenvalue weighted by atomic mass is 9.88. The summed E-state index contributed by atoms with van der Waals surface area (Å²) in [4.78, 5) is 5.97. The largest absolute Gasteiger partial charge is 0.371 e. The topological polar surface area (TPSA) is 49.4 Å². The Balaban J connectivity index is 1.30. The summed E-state index contributed by atoms with van der Waals surface area (Å²) < 4.78 is 24.1. The van der Waals surface area contributed by atoms with Gasteiger partial charge in [0.25, 0.3) is 0 Å². The van der Waals surface area contributed by atoms with Crippen LogP contribution in [-0.4, -0.2) is 54.7 Å². The molecule has 5 rings (SSSR count). The second-order valence-electron chi connectivity index (χ2n) is 7.45. The summed E-state index contributed by atoms with van der Waals surface area (Å²) in [6.45, 7) is 5.88. The van der Waals surface area contributed by atoms with E-state index in [1.165, 1.54) is 5.56 Å². The second kappa shape index (κ2) is 5.49. The van der Waals surface area contributed by atoms with E-state index in [-0.39, 0.29) is 36.6 Å². The summed E-state index contributed by atoms with van der Waals surface area (Å²) in [5, 5.41) is 2.04. The summed E-state index contributed by atoms with van der Waals surface area (Å²) in [5.41, 5.74) is 1.23. The molecule has 6 nitrogen and oxygen atoms in total. The Morgan fingerprint density at radius 3 is 2.71 bits per heavy atom. The predicted molar refractivity (Wildman–Crippen MR) is 83.7 cm³/mol. The van der Waals surface area contributed by atoms with Crippen molar-refractivity contribution in [1.29, 1.82) is 0 Å². The minimum atomic E-state index is -0.605. The number of fused-ring (bicyclic) bond motifs is 5. The van der Waals surface area contributed by atoms with Gasteiger partial charge in [0.15, 0.2) is 12.1 Å². The first kappa shape index (κ1) is 15.3. The Labute approximate surface area is 141 Å². The molecule has 0 unspecified atom stereocenters. The first-order valence-corrected chi connectivity index (χ1v) is 8.67. The van der Waals surface area contributed by atoms with Gasteiger partial charge in [0.1, 0.15) is 12.2 Å². The van der Waals surface area contributed by atoms with Gasteiger partial charge >= 0.3 is 0 Å². The lowest BCUT2D eigenvalue weighted by Gasteiger charge is -2.37. The van der Waals surface area contributed by atoms with Crippen LogP contribution in [0.5, 0.6) is 0 Å². The molecule has 6 atom stereocenters. The third kappa shape index (κ3) is 2.41. The van der Waals surface area contributed by atoms with Gasteiger partial charge in [0.2, 0.25) is 0 Å². The number of hydrogen-bond donors (Lipinski definition) is 0. The Kier molecular flexibility index (Phi) is 3.49. The Morgan fingerprint density at radius 2 is 1.88 bits per heavy atom. The van der Waals surface area contributed by atoms with Crippen molar-refractivity contribution in [3.05, 3.63) is 35.9 Å². The monoisotopic (exact) mass is 333 g/mol. The van der Waals surface area contributed by atoms with Crippen LogP contribution in [0.1, 0.15) is 19.4 Å². The Hall–Kier alpha value is -1.02. The maximum absolute atomic E-state index is 6.16. The zero-order valence-corrected chi connectivity index (χ0v) is 14.0. The average Bonchev–Trinajstić information content (AvgIpc) is 3.18. The number of hydroxylamine groups is 2. The highest BCUT2D eigenvalue weighted by Gasteiger charge is 2.61. The zero-order chi connectivity index (χ0) is 16.3. The third-order valence-corrected chi connectivity index (χ3v) is 5.39. The number of ether oxygens (including phenoxy) is 4. The van der Waals surface area contributed by atoms with Crippen molar-refractivity contribution < 1.29 is 23.8 Å². The minimum Gasteiger partial charge on any atom is -0.371 e. The molecular weight excluding hydrogens is 310 g/mol. The predicted octanol–water partition coefficient (Wildman–Crippen LogP) is 1.69. The fourth-order valence-corrected chi connectivity index (χ4v) is 4.30. The fourth-order valence-electron chi connectivity index (χ4n) is 4.30. The van der Waals surface area contributed by atoms with Gasteiger partial charge in [-0.15, -0.1) is 0 Å². The molecule has 4 heterocycles. The normalized spacial score (nSPS) is 43.4. The van der Waals surface area contributed by atoms with Crippen molar-refractivity contribution in [1.82, 2.24) is 5.06 Å². The van der Waals surface area contributed by atoms with E-state index in [9.17, 15) is 0 Å². The maximum Gasteiger partial charge on any atom is 0.190 e. The highest BCUT2D eigenvalue weighted by Crippen LogP contribution is 2.45. The molecule has 0 spiro atoms. The van der Waals surface area contributed by atoms with Gasteiger partial charge < -0.3 is 18.9 Å². The smallest absolute Gasteiger partial charge is 0.190 e. The van der Waals surface area contributed by atoms with Crippen LogP contribution in [0.15, 0.2) is 30.3 Å². The molecule has 1 aromatic carbocycles. The number of nitrogens with zero attached hydrogens (tertiary/aromatic N) is 1. The van der Waals surface area contributed by atoms with Crippen LogP contribution in [0.2, 0.25) is 0 Å².